The molecule has 58 valence electrons. The standard InChI is InChI=1S/C9H16O/c1-7(2)8-5-6-9(3,4)10-8/h8H,1,5-6H2,2-4H3. The van der Waals surface area contributed by atoms with Gasteiger partial charge >= 0.3 is 0 Å². The zero-order chi connectivity index (χ0) is 7.78. The molecule has 1 aliphatic rings. The summed E-state index contributed by atoms with van der Waals surface area (Å²) in [5.74, 6) is 0. The second kappa shape index (κ2) is 2.39. The molecular formula is C9H16O. The zero-order valence-electron chi connectivity index (χ0n) is 7.11. The molecule has 0 aromatic carbocycles. The molecule has 1 heteroatoms. The highest BCUT2D eigenvalue weighted by Crippen LogP contribution is 2.31. The van der Waals surface area contributed by atoms with Gasteiger partial charge in [-0.25, -0.2) is 0 Å². The molecule has 0 spiro atoms. The summed E-state index contributed by atoms with van der Waals surface area (Å²) in [6.07, 6.45) is 2.61. The van der Waals surface area contributed by atoms with Crippen molar-refractivity contribution in [2.75, 3.05) is 0 Å². The summed E-state index contributed by atoms with van der Waals surface area (Å²) in [5.41, 5.74) is 1.24. The fourth-order valence-electron chi connectivity index (χ4n) is 1.33. The van der Waals surface area contributed by atoms with E-state index in [1.54, 1.807) is 0 Å². The van der Waals surface area contributed by atoms with E-state index in [9.17, 15) is 0 Å². The molecule has 1 rings (SSSR count). The Morgan fingerprint density at radius 1 is 1.60 bits per heavy atom. The third-order valence-electron chi connectivity index (χ3n) is 2.02. The first kappa shape index (κ1) is 7.80. The van der Waals surface area contributed by atoms with E-state index >= 15 is 0 Å². The first-order valence-corrected chi connectivity index (χ1v) is 3.84. The summed E-state index contributed by atoms with van der Waals surface area (Å²) >= 11 is 0. The summed E-state index contributed by atoms with van der Waals surface area (Å²) in [7, 11) is 0. The summed E-state index contributed by atoms with van der Waals surface area (Å²) in [6, 6.07) is 0. The highest BCUT2D eigenvalue weighted by atomic mass is 16.5. The fourth-order valence-corrected chi connectivity index (χ4v) is 1.33. The Hall–Kier alpha value is -0.300. The van der Waals surface area contributed by atoms with Crippen molar-refractivity contribution < 1.29 is 4.74 Å². The van der Waals surface area contributed by atoms with Crippen molar-refractivity contribution in [2.24, 2.45) is 0 Å². The van der Waals surface area contributed by atoms with Crippen LogP contribution in [0.25, 0.3) is 0 Å². The van der Waals surface area contributed by atoms with Crippen molar-refractivity contribution >= 4 is 0 Å². The van der Waals surface area contributed by atoms with Crippen molar-refractivity contribution in [3.05, 3.63) is 12.2 Å². The van der Waals surface area contributed by atoms with E-state index in [-0.39, 0.29) is 5.60 Å². The van der Waals surface area contributed by atoms with Gasteiger partial charge in [-0.05, 0) is 33.6 Å². The van der Waals surface area contributed by atoms with E-state index in [2.05, 4.69) is 20.4 Å². The molecule has 0 bridgehead atoms. The van der Waals surface area contributed by atoms with Gasteiger partial charge in [-0.3, -0.25) is 0 Å². The normalized spacial score (nSPS) is 30.5. The molecule has 0 amide bonds. The smallest absolute Gasteiger partial charge is 0.0788 e. The average molecular weight is 140 g/mol. The molecule has 0 aromatic rings. The van der Waals surface area contributed by atoms with Gasteiger partial charge in [-0.2, -0.15) is 0 Å². The van der Waals surface area contributed by atoms with Crippen LogP contribution in [0, 0.1) is 0 Å². The lowest BCUT2D eigenvalue weighted by molar-refractivity contribution is 0.000733. The quantitative estimate of drug-likeness (QED) is 0.508. The minimum absolute atomic E-state index is 0.0869. The number of rotatable bonds is 1. The van der Waals surface area contributed by atoms with Gasteiger partial charge in [0.2, 0.25) is 0 Å². The molecule has 0 aromatic heterocycles. The van der Waals surface area contributed by atoms with Crippen molar-refractivity contribution in [3.63, 3.8) is 0 Å². The van der Waals surface area contributed by atoms with Gasteiger partial charge in [0.25, 0.3) is 0 Å². The van der Waals surface area contributed by atoms with Crippen LogP contribution in [0.5, 0.6) is 0 Å². The van der Waals surface area contributed by atoms with Crippen molar-refractivity contribution in [3.8, 4) is 0 Å². The highest BCUT2D eigenvalue weighted by Gasteiger charge is 2.31. The Morgan fingerprint density at radius 3 is 2.40 bits per heavy atom. The Labute approximate surface area is 63.1 Å². The lowest BCUT2D eigenvalue weighted by Crippen LogP contribution is -2.20. The van der Waals surface area contributed by atoms with E-state index in [1.807, 2.05) is 6.92 Å². The van der Waals surface area contributed by atoms with Crippen LogP contribution in [0.2, 0.25) is 0 Å². The predicted octanol–water partition coefficient (Wildman–Crippen LogP) is 2.52. The van der Waals surface area contributed by atoms with Gasteiger partial charge in [0.15, 0.2) is 0 Å². The molecule has 1 nitrogen and oxygen atoms in total. The molecule has 1 saturated heterocycles. The maximum Gasteiger partial charge on any atom is 0.0788 e. The molecule has 1 aliphatic heterocycles. The second-order valence-electron chi connectivity index (χ2n) is 3.75. The molecule has 1 heterocycles. The van der Waals surface area contributed by atoms with Crippen LogP contribution in [-0.2, 0) is 4.74 Å². The summed E-state index contributed by atoms with van der Waals surface area (Å²) in [6.45, 7) is 10.2. The molecule has 1 unspecified atom stereocenters. The van der Waals surface area contributed by atoms with Crippen LogP contribution >= 0.6 is 0 Å². The predicted molar refractivity (Wildman–Crippen MR) is 43.0 cm³/mol. The molecule has 1 fully saturated rings. The van der Waals surface area contributed by atoms with Crippen LogP contribution < -0.4 is 0 Å². The first-order valence-electron chi connectivity index (χ1n) is 3.84. The average Bonchev–Trinajstić information content (AvgIpc) is 2.10. The van der Waals surface area contributed by atoms with E-state index < -0.39 is 0 Å². The Bertz CT molecular complexity index is 147. The monoisotopic (exact) mass is 140 g/mol. The summed E-state index contributed by atoms with van der Waals surface area (Å²) in [4.78, 5) is 0. The minimum atomic E-state index is 0.0869. The highest BCUT2D eigenvalue weighted by molar-refractivity contribution is 5.02. The van der Waals surface area contributed by atoms with Crippen molar-refractivity contribution in [2.45, 2.75) is 45.3 Å². The third-order valence-corrected chi connectivity index (χ3v) is 2.02. The molecule has 0 aliphatic carbocycles. The van der Waals surface area contributed by atoms with Gasteiger partial charge < -0.3 is 4.74 Å². The van der Waals surface area contributed by atoms with E-state index in [4.69, 9.17) is 4.74 Å². The molecule has 10 heavy (non-hydrogen) atoms. The van der Waals surface area contributed by atoms with Gasteiger partial charge in [-0.15, -0.1) is 0 Å². The van der Waals surface area contributed by atoms with Crippen LogP contribution in [-0.4, -0.2) is 11.7 Å². The van der Waals surface area contributed by atoms with Gasteiger partial charge in [0, 0.05) is 0 Å². The van der Waals surface area contributed by atoms with E-state index in [0.717, 1.165) is 18.4 Å². The third kappa shape index (κ3) is 1.60. The summed E-state index contributed by atoms with van der Waals surface area (Å²) < 4.78 is 5.71. The maximum atomic E-state index is 5.71. The Morgan fingerprint density at radius 2 is 2.20 bits per heavy atom. The number of ether oxygens (including phenoxy) is 1. The topological polar surface area (TPSA) is 9.23 Å². The molecule has 0 N–H and O–H groups in total. The lowest BCUT2D eigenvalue weighted by atomic mass is 10.0. The SMILES string of the molecule is C=C(C)C1CCC(C)(C)O1. The van der Waals surface area contributed by atoms with Crippen molar-refractivity contribution in [1.29, 1.82) is 0 Å². The van der Waals surface area contributed by atoms with Gasteiger partial charge in [-0.1, -0.05) is 12.2 Å². The van der Waals surface area contributed by atoms with Crippen LogP contribution in [0.1, 0.15) is 33.6 Å². The van der Waals surface area contributed by atoms with Gasteiger partial charge in [0.1, 0.15) is 0 Å². The zero-order valence-corrected chi connectivity index (χ0v) is 7.11. The van der Waals surface area contributed by atoms with Gasteiger partial charge in [0.05, 0.1) is 11.7 Å². The number of hydrogen-bond donors (Lipinski definition) is 0. The van der Waals surface area contributed by atoms with Crippen LogP contribution in [0.3, 0.4) is 0 Å². The largest absolute Gasteiger partial charge is 0.368 e. The van der Waals surface area contributed by atoms with Crippen molar-refractivity contribution in [1.82, 2.24) is 0 Å². The molecular weight excluding hydrogens is 124 g/mol. The first-order chi connectivity index (χ1) is 4.51. The second-order valence-corrected chi connectivity index (χ2v) is 3.75. The van der Waals surface area contributed by atoms with Crippen LogP contribution in [0.15, 0.2) is 12.2 Å². The molecule has 0 saturated carbocycles. The summed E-state index contributed by atoms with van der Waals surface area (Å²) in [5, 5.41) is 0. The van der Waals surface area contributed by atoms with E-state index in [1.165, 1.54) is 0 Å². The number of hydrogen-bond acceptors (Lipinski definition) is 1. The Balaban J connectivity index is 2.51. The lowest BCUT2D eigenvalue weighted by Gasteiger charge is -2.18. The minimum Gasteiger partial charge on any atom is -0.368 e. The maximum absolute atomic E-state index is 5.71. The molecule has 1 atom stereocenters. The Kier molecular flexibility index (Phi) is 1.86. The van der Waals surface area contributed by atoms with E-state index in [0.29, 0.717) is 6.10 Å². The van der Waals surface area contributed by atoms with Crippen LogP contribution in [0.4, 0.5) is 0 Å². The fraction of sp³-hybridized carbons (Fsp3) is 0.778. The molecule has 0 radical (unpaired) electrons.